The van der Waals surface area contributed by atoms with Crippen LogP contribution in [0, 0.1) is 17.0 Å². The van der Waals surface area contributed by atoms with E-state index in [1.165, 1.54) is 23.7 Å². The number of piperazine rings is 1. The Bertz CT molecular complexity index is 585. The van der Waals surface area contributed by atoms with Crippen LogP contribution in [0.2, 0.25) is 0 Å². The standard InChI is InChI=1S/C14H21N5O3/c1-11-13(19(21)22)10-18(15-11)6-4-14(20)17-8-7-16-5-2-3-12(16)9-17/h10,12H,2-9H2,1H3/t12-/m1/s1. The summed E-state index contributed by atoms with van der Waals surface area (Å²) in [5.74, 6) is 0.113. The molecule has 0 unspecified atom stereocenters. The van der Waals surface area contributed by atoms with Crippen molar-refractivity contribution in [2.24, 2.45) is 0 Å². The monoisotopic (exact) mass is 307 g/mol. The van der Waals surface area contributed by atoms with Gasteiger partial charge in [-0.1, -0.05) is 0 Å². The van der Waals surface area contributed by atoms with Crippen molar-refractivity contribution in [2.75, 3.05) is 26.2 Å². The van der Waals surface area contributed by atoms with Gasteiger partial charge in [0.25, 0.3) is 0 Å². The van der Waals surface area contributed by atoms with Crippen molar-refractivity contribution in [2.45, 2.75) is 38.8 Å². The zero-order valence-corrected chi connectivity index (χ0v) is 12.8. The molecule has 8 heteroatoms. The van der Waals surface area contributed by atoms with Gasteiger partial charge < -0.3 is 4.90 Å². The zero-order valence-electron chi connectivity index (χ0n) is 12.8. The van der Waals surface area contributed by atoms with Crippen molar-refractivity contribution in [3.63, 3.8) is 0 Å². The molecule has 0 bridgehead atoms. The van der Waals surface area contributed by atoms with Crippen molar-refractivity contribution in [1.82, 2.24) is 19.6 Å². The average molecular weight is 307 g/mol. The Labute approximate surface area is 128 Å². The van der Waals surface area contributed by atoms with Crippen LogP contribution in [0.15, 0.2) is 6.20 Å². The molecule has 1 atom stereocenters. The summed E-state index contributed by atoms with van der Waals surface area (Å²) in [6.45, 7) is 5.71. The summed E-state index contributed by atoms with van der Waals surface area (Å²) in [5, 5.41) is 14.9. The number of carbonyl (C=O) groups excluding carboxylic acids is 1. The van der Waals surface area contributed by atoms with Gasteiger partial charge in [0.15, 0.2) is 0 Å². The van der Waals surface area contributed by atoms with Crippen LogP contribution in [-0.2, 0) is 11.3 Å². The van der Waals surface area contributed by atoms with E-state index in [4.69, 9.17) is 0 Å². The molecule has 120 valence electrons. The van der Waals surface area contributed by atoms with Crippen LogP contribution in [0.25, 0.3) is 0 Å². The van der Waals surface area contributed by atoms with Gasteiger partial charge in [0.2, 0.25) is 5.91 Å². The minimum atomic E-state index is -0.444. The zero-order chi connectivity index (χ0) is 15.7. The highest BCUT2D eigenvalue weighted by atomic mass is 16.6. The fraction of sp³-hybridized carbons (Fsp3) is 0.714. The molecule has 0 saturated carbocycles. The van der Waals surface area contributed by atoms with Crippen molar-refractivity contribution < 1.29 is 9.72 Å². The Kier molecular flexibility index (Phi) is 4.10. The second-order valence-electron chi connectivity index (χ2n) is 6.04. The quantitative estimate of drug-likeness (QED) is 0.606. The third kappa shape index (κ3) is 2.96. The van der Waals surface area contributed by atoms with Crippen LogP contribution in [0.4, 0.5) is 5.69 Å². The molecule has 1 amide bonds. The van der Waals surface area contributed by atoms with E-state index in [1.54, 1.807) is 6.92 Å². The maximum atomic E-state index is 12.3. The van der Waals surface area contributed by atoms with Gasteiger partial charge in [-0.15, -0.1) is 0 Å². The van der Waals surface area contributed by atoms with Gasteiger partial charge in [-0.05, 0) is 26.3 Å². The lowest BCUT2D eigenvalue weighted by molar-refractivity contribution is -0.385. The summed E-state index contributed by atoms with van der Waals surface area (Å²) >= 11 is 0. The summed E-state index contributed by atoms with van der Waals surface area (Å²) in [6, 6.07) is 0.519. The lowest BCUT2D eigenvalue weighted by Crippen LogP contribution is -2.52. The van der Waals surface area contributed by atoms with E-state index in [9.17, 15) is 14.9 Å². The Morgan fingerprint density at radius 3 is 3.00 bits per heavy atom. The van der Waals surface area contributed by atoms with Gasteiger partial charge in [-0.2, -0.15) is 5.10 Å². The number of hydrogen-bond donors (Lipinski definition) is 0. The van der Waals surface area contributed by atoms with Gasteiger partial charge in [0.1, 0.15) is 11.9 Å². The SMILES string of the molecule is Cc1nn(CCC(=O)N2CCN3CCC[C@@H]3C2)cc1[N+](=O)[O-]. The number of amides is 1. The predicted molar refractivity (Wildman–Crippen MR) is 79.4 cm³/mol. The molecule has 2 fully saturated rings. The van der Waals surface area contributed by atoms with Crippen molar-refractivity contribution >= 4 is 11.6 Å². The van der Waals surface area contributed by atoms with Gasteiger partial charge in [0, 0.05) is 38.6 Å². The Morgan fingerprint density at radius 1 is 1.45 bits per heavy atom. The first-order valence-corrected chi connectivity index (χ1v) is 7.75. The molecule has 0 aromatic carbocycles. The Morgan fingerprint density at radius 2 is 2.27 bits per heavy atom. The van der Waals surface area contributed by atoms with Crippen molar-refractivity contribution in [3.05, 3.63) is 22.0 Å². The second-order valence-corrected chi connectivity index (χ2v) is 6.04. The molecule has 3 heterocycles. The summed E-state index contributed by atoms with van der Waals surface area (Å²) < 4.78 is 1.50. The molecule has 8 nitrogen and oxygen atoms in total. The summed E-state index contributed by atoms with van der Waals surface area (Å²) in [7, 11) is 0. The van der Waals surface area contributed by atoms with Crippen LogP contribution >= 0.6 is 0 Å². The Hall–Kier alpha value is -1.96. The van der Waals surface area contributed by atoms with Gasteiger partial charge in [-0.25, -0.2) is 0 Å². The number of fused-ring (bicyclic) bond motifs is 1. The Balaban J connectivity index is 1.54. The second kappa shape index (κ2) is 6.04. The largest absolute Gasteiger partial charge is 0.340 e. The van der Waals surface area contributed by atoms with E-state index in [0.717, 1.165) is 26.2 Å². The summed E-state index contributed by atoms with van der Waals surface area (Å²) in [4.78, 5) is 27.1. The first-order valence-electron chi connectivity index (χ1n) is 7.75. The maximum absolute atomic E-state index is 12.3. The van der Waals surface area contributed by atoms with E-state index in [-0.39, 0.29) is 11.6 Å². The molecule has 1 aromatic heterocycles. The van der Waals surface area contributed by atoms with E-state index in [2.05, 4.69) is 10.00 Å². The number of nitrogens with zero attached hydrogens (tertiary/aromatic N) is 5. The number of rotatable bonds is 4. The molecule has 0 N–H and O–H groups in total. The van der Waals surface area contributed by atoms with Gasteiger partial charge in [-0.3, -0.25) is 24.5 Å². The normalized spacial score (nSPS) is 21.9. The van der Waals surface area contributed by atoms with Gasteiger partial charge >= 0.3 is 5.69 Å². The number of aryl methyl sites for hydroxylation is 2. The van der Waals surface area contributed by atoms with Gasteiger partial charge in [0.05, 0.1) is 4.92 Å². The average Bonchev–Trinajstić information content (AvgIpc) is 3.09. The third-order valence-electron chi connectivity index (χ3n) is 4.61. The highest BCUT2D eigenvalue weighted by Crippen LogP contribution is 2.22. The van der Waals surface area contributed by atoms with Crippen LogP contribution in [0.3, 0.4) is 0 Å². The molecule has 22 heavy (non-hydrogen) atoms. The molecule has 0 aliphatic carbocycles. The van der Waals surface area contributed by atoms with Crippen LogP contribution in [-0.4, -0.2) is 62.6 Å². The predicted octanol–water partition coefficient (Wildman–Crippen LogP) is 0.796. The molecular weight excluding hydrogens is 286 g/mol. The maximum Gasteiger partial charge on any atom is 0.309 e. The molecule has 2 saturated heterocycles. The molecule has 0 radical (unpaired) electrons. The van der Waals surface area contributed by atoms with Crippen molar-refractivity contribution in [3.8, 4) is 0 Å². The first kappa shape index (κ1) is 15.0. The topological polar surface area (TPSA) is 84.5 Å². The lowest BCUT2D eigenvalue weighted by Gasteiger charge is -2.37. The number of aromatic nitrogens is 2. The fourth-order valence-electron chi connectivity index (χ4n) is 3.39. The highest BCUT2D eigenvalue weighted by Gasteiger charge is 2.32. The third-order valence-corrected chi connectivity index (χ3v) is 4.61. The molecule has 3 rings (SSSR count). The van der Waals surface area contributed by atoms with E-state index >= 15 is 0 Å². The van der Waals surface area contributed by atoms with Crippen molar-refractivity contribution in [1.29, 1.82) is 0 Å². The molecule has 2 aliphatic heterocycles. The number of nitro groups is 1. The first-order chi connectivity index (χ1) is 10.5. The summed E-state index contributed by atoms with van der Waals surface area (Å²) in [5.41, 5.74) is 0.393. The van der Waals surface area contributed by atoms with E-state index in [0.29, 0.717) is 24.7 Å². The summed E-state index contributed by atoms with van der Waals surface area (Å²) in [6.07, 6.45) is 4.14. The van der Waals surface area contributed by atoms with E-state index in [1.807, 2.05) is 4.90 Å². The van der Waals surface area contributed by atoms with Crippen LogP contribution in [0.5, 0.6) is 0 Å². The lowest BCUT2D eigenvalue weighted by atomic mass is 10.1. The smallest absolute Gasteiger partial charge is 0.309 e. The highest BCUT2D eigenvalue weighted by molar-refractivity contribution is 5.76. The number of carbonyl (C=O) groups is 1. The minimum absolute atomic E-state index is 0.00650. The minimum Gasteiger partial charge on any atom is -0.340 e. The van der Waals surface area contributed by atoms with Crippen LogP contribution in [0.1, 0.15) is 25.0 Å². The fourth-order valence-corrected chi connectivity index (χ4v) is 3.39. The van der Waals surface area contributed by atoms with E-state index < -0.39 is 4.92 Å². The molecular formula is C14H21N5O3. The molecule has 1 aromatic rings. The molecule has 0 spiro atoms. The van der Waals surface area contributed by atoms with Crippen LogP contribution < -0.4 is 0 Å². The number of hydrogen-bond acceptors (Lipinski definition) is 5. The molecule has 2 aliphatic rings.